The summed E-state index contributed by atoms with van der Waals surface area (Å²) in [4.78, 5) is 90.6. The van der Waals surface area contributed by atoms with Crippen molar-refractivity contribution in [3.05, 3.63) is 88.5 Å². The average molecular weight is 941 g/mol. The zero-order valence-electron chi connectivity index (χ0n) is 38.1. The molecule has 4 fully saturated rings. The van der Waals surface area contributed by atoms with E-state index in [0.717, 1.165) is 52.5 Å². The third kappa shape index (κ3) is 7.09. The van der Waals surface area contributed by atoms with Gasteiger partial charge in [0.2, 0.25) is 23.6 Å². The maximum absolute atomic E-state index is 15.5. The lowest BCUT2D eigenvalue weighted by molar-refractivity contribution is -0.145. The fraction of sp³-hybridized carbons (Fsp3) is 0.440. The molecule has 10 heterocycles. The number of carbonyl (C=O) groups excluding carboxylic acids is 6. The van der Waals surface area contributed by atoms with Crippen molar-refractivity contribution in [2.24, 2.45) is 5.41 Å². The molecule has 17 nitrogen and oxygen atoms in total. The van der Waals surface area contributed by atoms with Crippen LogP contribution in [0.4, 0.5) is 26.0 Å². The van der Waals surface area contributed by atoms with Crippen molar-refractivity contribution in [2.75, 3.05) is 62.3 Å². The van der Waals surface area contributed by atoms with Gasteiger partial charge in [0.1, 0.15) is 12.6 Å². The number of ether oxygens (including phenoxy) is 1. The molecule has 1 N–H and O–H groups in total. The first-order chi connectivity index (χ1) is 33.3. The smallest absolute Gasteiger partial charge is 0.264 e. The van der Waals surface area contributed by atoms with Crippen molar-refractivity contribution >= 4 is 63.5 Å². The predicted molar refractivity (Wildman–Crippen MR) is 246 cm³/mol. The van der Waals surface area contributed by atoms with Crippen LogP contribution in [0.3, 0.4) is 0 Å². The van der Waals surface area contributed by atoms with E-state index < -0.39 is 36.1 Å². The number of nitrogens with zero attached hydrogens (tertiary/aromatic N) is 9. The number of anilines is 3. The maximum Gasteiger partial charge on any atom is 0.264 e. The van der Waals surface area contributed by atoms with Gasteiger partial charge in [-0.25, -0.2) is 8.78 Å². The summed E-state index contributed by atoms with van der Waals surface area (Å²) >= 11 is 0. The first-order valence-electron chi connectivity index (χ1n) is 23.8. The minimum Gasteiger partial charge on any atom is -0.381 e. The molecule has 356 valence electrons. The Morgan fingerprint density at radius 1 is 0.884 bits per heavy atom. The van der Waals surface area contributed by atoms with Crippen molar-refractivity contribution in [3.8, 4) is 11.1 Å². The number of piperidine rings is 1. The lowest BCUT2D eigenvalue weighted by Crippen LogP contribution is -2.73. The number of alkyl halides is 2. The van der Waals surface area contributed by atoms with Crippen molar-refractivity contribution in [1.82, 2.24) is 39.3 Å². The fourth-order valence-corrected chi connectivity index (χ4v) is 11.9. The number of amides is 6. The van der Waals surface area contributed by atoms with Gasteiger partial charge in [-0.1, -0.05) is 0 Å². The van der Waals surface area contributed by atoms with Crippen LogP contribution in [0.1, 0.15) is 94.6 Å². The van der Waals surface area contributed by atoms with Crippen LogP contribution in [-0.2, 0) is 49.8 Å². The van der Waals surface area contributed by atoms with Gasteiger partial charge in [-0.05, 0) is 79.6 Å². The summed E-state index contributed by atoms with van der Waals surface area (Å²) in [7, 11) is 0. The summed E-state index contributed by atoms with van der Waals surface area (Å²) in [6.07, 6.45) is 6.20. The number of imide groups is 2. The van der Waals surface area contributed by atoms with Crippen LogP contribution in [-0.4, -0.2) is 128 Å². The van der Waals surface area contributed by atoms with Gasteiger partial charge in [0.15, 0.2) is 5.82 Å². The highest BCUT2D eigenvalue weighted by Gasteiger charge is 2.54. The largest absolute Gasteiger partial charge is 0.381 e. The Labute approximate surface area is 394 Å². The highest BCUT2D eigenvalue weighted by atomic mass is 19.3. The summed E-state index contributed by atoms with van der Waals surface area (Å²) < 4.78 is 40.5. The highest BCUT2D eigenvalue weighted by Crippen LogP contribution is 2.46. The molecule has 3 aromatic heterocycles. The summed E-state index contributed by atoms with van der Waals surface area (Å²) in [6, 6.07) is 9.48. The number of nitrogens with one attached hydrogen (secondary N) is 1. The van der Waals surface area contributed by atoms with Gasteiger partial charge >= 0.3 is 0 Å². The van der Waals surface area contributed by atoms with E-state index in [1.165, 1.54) is 0 Å². The van der Waals surface area contributed by atoms with Crippen LogP contribution in [0, 0.1) is 5.41 Å². The molecule has 7 aliphatic rings. The number of rotatable bonds is 8. The van der Waals surface area contributed by atoms with Gasteiger partial charge in [-0.3, -0.25) is 48.6 Å². The lowest BCUT2D eigenvalue weighted by Gasteiger charge is -2.61. The summed E-state index contributed by atoms with van der Waals surface area (Å²) in [6.45, 7) is 6.81. The molecule has 0 radical (unpaired) electrons. The van der Waals surface area contributed by atoms with Crippen molar-refractivity contribution in [3.63, 3.8) is 0 Å². The molecule has 0 aliphatic carbocycles. The van der Waals surface area contributed by atoms with Crippen LogP contribution in [0.5, 0.6) is 0 Å². The molecule has 6 amide bonds. The third-order valence-electron chi connectivity index (χ3n) is 15.4. The van der Waals surface area contributed by atoms with Gasteiger partial charge < -0.3 is 28.9 Å². The van der Waals surface area contributed by atoms with Gasteiger partial charge in [0, 0.05) is 135 Å². The number of hydrogen-bond donors (Lipinski definition) is 1. The number of aryl methyl sites for hydroxylation is 1. The Bertz CT molecular complexity index is 3040. The molecule has 0 saturated carbocycles. The Morgan fingerprint density at radius 2 is 1.68 bits per heavy atom. The number of aromatic nitrogens is 4. The number of benzene rings is 2. The first-order valence-corrected chi connectivity index (χ1v) is 23.8. The number of likely N-dealkylation sites (tertiary alicyclic amines) is 1. The van der Waals surface area contributed by atoms with Crippen LogP contribution in [0.2, 0.25) is 0 Å². The number of halogens is 2. The minimum absolute atomic E-state index is 0.00580. The number of hydrogen-bond acceptors (Lipinski definition) is 11. The maximum atomic E-state index is 15.5. The van der Waals surface area contributed by atoms with Gasteiger partial charge in [-0.15, -0.1) is 0 Å². The monoisotopic (exact) mass is 940 g/mol. The van der Waals surface area contributed by atoms with Gasteiger partial charge in [0.25, 0.3) is 18.2 Å². The molecule has 1 spiro atoms. The molecule has 69 heavy (non-hydrogen) atoms. The summed E-state index contributed by atoms with van der Waals surface area (Å²) in [5.74, 6) is -1.60. The molecule has 12 rings (SSSR count). The Morgan fingerprint density at radius 3 is 2.45 bits per heavy atom. The molecule has 1 unspecified atom stereocenters. The number of fused-ring (bicyclic) bond motifs is 4. The number of carbonyl (C=O) groups is 6. The summed E-state index contributed by atoms with van der Waals surface area (Å²) in [5, 5.41) is 8.11. The van der Waals surface area contributed by atoms with E-state index in [-0.39, 0.29) is 59.3 Å². The summed E-state index contributed by atoms with van der Waals surface area (Å²) in [5.41, 5.74) is 6.29. The van der Waals surface area contributed by atoms with E-state index in [1.54, 1.807) is 55.8 Å². The highest BCUT2D eigenvalue weighted by molar-refractivity contribution is 6.23. The molecular weight excluding hydrogens is 891 g/mol. The van der Waals surface area contributed by atoms with Crippen LogP contribution >= 0.6 is 0 Å². The quantitative estimate of drug-likeness (QED) is 0.209. The van der Waals surface area contributed by atoms with Crippen LogP contribution < -0.4 is 15.1 Å². The van der Waals surface area contributed by atoms with Crippen molar-refractivity contribution in [1.29, 1.82) is 0 Å². The van der Waals surface area contributed by atoms with Crippen LogP contribution in [0.25, 0.3) is 22.0 Å². The molecule has 1 atom stereocenters. The Balaban J connectivity index is 0.767. The SMILES string of the molecule is CC(=O)N1CCc2c(c(N3CCCc4cc(-c5cn(CC(=O)N6CC7(C6)CN(c6ccc8c(c6)C(=O)N(C6CCC(=O)NC6=O)C8=O)C7)c6ccncc56)c(C(F)F)cc43)nn2C2CCOCC2)C1. The van der Waals surface area contributed by atoms with E-state index in [1.807, 2.05) is 20.4 Å². The van der Waals surface area contributed by atoms with Gasteiger partial charge in [0.05, 0.1) is 29.2 Å². The van der Waals surface area contributed by atoms with Gasteiger partial charge in [-0.2, -0.15) is 5.10 Å². The first kappa shape index (κ1) is 43.3. The zero-order valence-corrected chi connectivity index (χ0v) is 38.1. The van der Waals surface area contributed by atoms with E-state index >= 15 is 8.78 Å². The van der Waals surface area contributed by atoms with E-state index in [0.29, 0.717) is 99.6 Å². The third-order valence-corrected chi connectivity index (χ3v) is 15.4. The fourth-order valence-electron chi connectivity index (χ4n) is 11.9. The second-order valence-electron chi connectivity index (χ2n) is 19.7. The van der Waals surface area contributed by atoms with E-state index in [9.17, 15) is 28.8 Å². The number of pyridine rings is 1. The molecule has 2 aromatic carbocycles. The Hall–Kier alpha value is -7.02. The van der Waals surface area contributed by atoms with E-state index in [4.69, 9.17) is 9.84 Å². The second kappa shape index (κ2) is 16.3. The zero-order chi connectivity index (χ0) is 47.5. The van der Waals surface area contributed by atoms with Crippen LogP contribution in [0.15, 0.2) is 55.0 Å². The normalized spacial score (nSPS) is 21.2. The predicted octanol–water partition coefficient (Wildman–Crippen LogP) is 4.93. The molecular formula is C50H50F2N10O7. The molecule has 7 aliphatic heterocycles. The van der Waals surface area contributed by atoms with E-state index in [2.05, 4.69) is 24.8 Å². The molecule has 5 aromatic rings. The molecule has 19 heteroatoms. The van der Waals surface area contributed by atoms with Crippen molar-refractivity contribution in [2.45, 2.75) is 83.5 Å². The second-order valence-corrected chi connectivity index (χ2v) is 19.7. The standard InChI is InChI=1S/C50H50F2N10O7/c1-28(63)56-14-9-40-38(22-56)46(55-62(40)30-10-15-69-16-11-30)60-13-2-3-29-17-33(34(45(51)52)19-42(29)60)37-21-57(39-8-12-53-20-36(37)39)23-44(65)59-26-50(27-59)24-58(25-50)31-4-5-32-35(18-31)49(68)61(48(32)67)41-6-7-43(64)54-47(41)66/h4-5,8,12,17-21,30,41,45H,2-3,6-7,9-11,13-16,22-27H2,1H3,(H,54,64,66). The average Bonchev–Trinajstić information content (AvgIpc) is 3.96. The topological polar surface area (TPSA) is 176 Å². The lowest BCUT2D eigenvalue weighted by atomic mass is 9.72. The Kier molecular flexibility index (Phi) is 10.2. The molecule has 0 bridgehead atoms. The molecule has 4 saturated heterocycles. The minimum atomic E-state index is -2.81. The van der Waals surface area contributed by atoms with Crippen molar-refractivity contribution < 1.29 is 42.3 Å².